The Morgan fingerprint density at radius 1 is 1.50 bits per heavy atom. The van der Waals surface area contributed by atoms with Gasteiger partial charge in [-0.1, -0.05) is 31.9 Å². The van der Waals surface area contributed by atoms with Crippen LogP contribution in [0.4, 0.5) is 0 Å². The number of nitrogens with one attached hydrogen (secondary N) is 1. The van der Waals surface area contributed by atoms with Crippen LogP contribution in [-0.4, -0.2) is 37.1 Å². The Hall–Kier alpha value is -0.0500. The van der Waals surface area contributed by atoms with Crippen molar-refractivity contribution < 1.29 is 0 Å². The van der Waals surface area contributed by atoms with E-state index in [-0.39, 0.29) is 0 Å². The Morgan fingerprint density at radius 2 is 2.25 bits per heavy atom. The van der Waals surface area contributed by atoms with Crippen LogP contribution < -0.4 is 5.32 Å². The van der Waals surface area contributed by atoms with Crippen molar-refractivity contribution in [3.8, 4) is 0 Å². The smallest absolute Gasteiger partial charge is 0.0202 e. The lowest BCUT2D eigenvalue weighted by atomic mass is 9.89. The van der Waals surface area contributed by atoms with Crippen LogP contribution in [0.2, 0.25) is 0 Å². The highest BCUT2D eigenvalue weighted by molar-refractivity contribution is 6.25. The van der Waals surface area contributed by atoms with E-state index >= 15 is 0 Å². The van der Waals surface area contributed by atoms with Gasteiger partial charge in [-0.15, -0.1) is 0 Å². The van der Waals surface area contributed by atoms with Gasteiger partial charge in [-0.3, -0.25) is 4.90 Å². The van der Waals surface area contributed by atoms with Crippen LogP contribution in [0.3, 0.4) is 0 Å². The van der Waals surface area contributed by atoms with Crippen LogP contribution in [0.15, 0.2) is 11.1 Å². The van der Waals surface area contributed by atoms with Crippen molar-refractivity contribution in [1.29, 1.82) is 0 Å². The van der Waals surface area contributed by atoms with Gasteiger partial charge in [0.05, 0.1) is 0 Å². The minimum atomic E-state index is 0.714. The fraction of sp³-hybridized carbons (Fsp3) is 0.846. The summed E-state index contributed by atoms with van der Waals surface area (Å²) < 4.78 is 0. The molecule has 1 aliphatic rings. The molecule has 94 valence electrons. The first-order valence-electron chi connectivity index (χ1n) is 6.42. The van der Waals surface area contributed by atoms with Gasteiger partial charge >= 0.3 is 0 Å². The fourth-order valence-corrected chi connectivity index (χ4v) is 2.65. The summed E-state index contributed by atoms with van der Waals surface area (Å²) >= 11 is 5.72. The van der Waals surface area contributed by atoms with E-state index in [4.69, 9.17) is 11.6 Å². The Bertz CT molecular complexity index is 228. The molecule has 0 amide bonds. The highest BCUT2D eigenvalue weighted by atomic mass is 35.5. The molecule has 1 rings (SSSR count). The zero-order valence-corrected chi connectivity index (χ0v) is 11.6. The Morgan fingerprint density at radius 3 is 2.81 bits per heavy atom. The minimum absolute atomic E-state index is 0.714. The Kier molecular flexibility index (Phi) is 6.40. The van der Waals surface area contributed by atoms with Gasteiger partial charge in [0.15, 0.2) is 0 Å². The molecule has 0 spiro atoms. The second-order valence-corrected chi connectivity index (χ2v) is 5.03. The van der Waals surface area contributed by atoms with E-state index in [1.165, 1.54) is 31.5 Å². The molecular formula is C13H25ClN2. The maximum Gasteiger partial charge on any atom is 0.0202 e. The summed E-state index contributed by atoms with van der Waals surface area (Å²) in [5.41, 5.74) is 2.97. The molecule has 0 aromatic rings. The van der Waals surface area contributed by atoms with Crippen molar-refractivity contribution in [3.63, 3.8) is 0 Å². The van der Waals surface area contributed by atoms with Gasteiger partial charge in [0.25, 0.3) is 0 Å². The van der Waals surface area contributed by atoms with Crippen LogP contribution in [0.1, 0.15) is 33.6 Å². The van der Waals surface area contributed by atoms with E-state index in [0.717, 1.165) is 19.0 Å². The lowest BCUT2D eigenvalue weighted by molar-refractivity contribution is 0.145. The van der Waals surface area contributed by atoms with E-state index in [2.05, 4.69) is 31.0 Å². The first-order valence-corrected chi connectivity index (χ1v) is 6.86. The second kappa shape index (κ2) is 7.31. The molecule has 2 nitrogen and oxygen atoms in total. The quantitative estimate of drug-likeness (QED) is 0.800. The van der Waals surface area contributed by atoms with E-state index in [1.54, 1.807) is 5.54 Å². The zero-order valence-electron chi connectivity index (χ0n) is 10.8. The molecule has 0 bridgehead atoms. The number of piperidine rings is 1. The molecule has 1 aliphatic heterocycles. The largest absolute Gasteiger partial charge is 0.314 e. The van der Waals surface area contributed by atoms with Crippen LogP contribution >= 0.6 is 11.6 Å². The van der Waals surface area contributed by atoms with Crippen LogP contribution in [-0.2, 0) is 0 Å². The van der Waals surface area contributed by atoms with Crippen LogP contribution in [0.5, 0.6) is 0 Å². The van der Waals surface area contributed by atoms with Crippen LogP contribution in [0, 0.1) is 5.92 Å². The highest BCUT2D eigenvalue weighted by Crippen LogP contribution is 2.20. The Labute approximate surface area is 105 Å². The lowest BCUT2D eigenvalue weighted by Gasteiger charge is -2.38. The molecule has 1 heterocycles. The molecule has 3 heteroatoms. The van der Waals surface area contributed by atoms with E-state index in [0.29, 0.717) is 6.04 Å². The monoisotopic (exact) mass is 244 g/mol. The molecule has 16 heavy (non-hydrogen) atoms. The molecule has 0 radical (unpaired) electrons. The Balaban J connectivity index is 2.45. The van der Waals surface area contributed by atoms with Gasteiger partial charge in [0.2, 0.25) is 0 Å². The normalized spacial score (nSPS) is 28.4. The average molecular weight is 245 g/mol. The number of rotatable bonds is 5. The first kappa shape index (κ1) is 14.0. The predicted molar refractivity (Wildman–Crippen MR) is 71.9 cm³/mol. The van der Waals surface area contributed by atoms with E-state index in [9.17, 15) is 0 Å². The SMILES string of the molecule is CCNC1CCN(CC(C)=CCl)CC1CC. The molecule has 0 aliphatic carbocycles. The van der Waals surface area contributed by atoms with E-state index < -0.39 is 0 Å². The minimum Gasteiger partial charge on any atom is -0.314 e. The van der Waals surface area contributed by atoms with E-state index in [1.807, 2.05) is 0 Å². The molecule has 0 aromatic heterocycles. The number of likely N-dealkylation sites (tertiary alicyclic amines) is 1. The fourth-order valence-electron chi connectivity index (χ4n) is 2.58. The predicted octanol–water partition coefficient (Wildman–Crippen LogP) is 2.84. The zero-order chi connectivity index (χ0) is 12.0. The molecular weight excluding hydrogens is 220 g/mol. The summed E-state index contributed by atoms with van der Waals surface area (Å²) in [5, 5.41) is 3.61. The molecule has 2 atom stereocenters. The van der Waals surface area contributed by atoms with Crippen molar-refractivity contribution in [2.24, 2.45) is 5.92 Å². The summed E-state index contributed by atoms with van der Waals surface area (Å²) in [6.07, 6.45) is 2.53. The number of hydrogen-bond acceptors (Lipinski definition) is 2. The van der Waals surface area contributed by atoms with Crippen LogP contribution in [0.25, 0.3) is 0 Å². The van der Waals surface area contributed by atoms with Crippen molar-refractivity contribution in [3.05, 3.63) is 11.1 Å². The second-order valence-electron chi connectivity index (χ2n) is 4.81. The molecule has 0 saturated carbocycles. The van der Waals surface area contributed by atoms with Crippen molar-refractivity contribution in [2.75, 3.05) is 26.2 Å². The summed E-state index contributed by atoms with van der Waals surface area (Å²) in [6, 6.07) is 0.714. The maximum atomic E-state index is 5.72. The third kappa shape index (κ3) is 4.08. The lowest BCUT2D eigenvalue weighted by Crippen LogP contribution is -2.49. The molecule has 2 unspecified atom stereocenters. The van der Waals surface area contributed by atoms with Crippen molar-refractivity contribution in [2.45, 2.75) is 39.7 Å². The summed E-state index contributed by atoms with van der Waals surface area (Å²) in [4.78, 5) is 2.52. The van der Waals surface area contributed by atoms with Gasteiger partial charge in [-0.25, -0.2) is 0 Å². The van der Waals surface area contributed by atoms with Gasteiger partial charge in [-0.05, 0) is 37.9 Å². The third-order valence-corrected chi connectivity index (χ3v) is 3.84. The topological polar surface area (TPSA) is 15.3 Å². The number of halogens is 1. The summed E-state index contributed by atoms with van der Waals surface area (Å²) in [6.45, 7) is 11.1. The van der Waals surface area contributed by atoms with Crippen molar-refractivity contribution in [1.82, 2.24) is 10.2 Å². The van der Waals surface area contributed by atoms with Gasteiger partial charge in [0, 0.05) is 24.7 Å². The standard InChI is InChI=1S/C13H25ClN2/c1-4-12-10-16(9-11(3)8-14)7-6-13(12)15-5-2/h8,12-13,15H,4-7,9-10H2,1-3H3. The summed E-state index contributed by atoms with van der Waals surface area (Å²) in [7, 11) is 0. The number of hydrogen-bond donors (Lipinski definition) is 1. The van der Waals surface area contributed by atoms with Gasteiger partial charge in [-0.2, -0.15) is 0 Å². The maximum absolute atomic E-state index is 5.72. The molecule has 1 fully saturated rings. The van der Waals surface area contributed by atoms with Gasteiger partial charge in [0.1, 0.15) is 0 Å². The molecule has 0 aromatic carbocycles. The first-order chi connectivity index (χ1) is 7.71. The average Bonchev–Trinajstić information content (AvgIpc) is 2.31. The third-order valence-electron chi connectivity index (χ3n) is 3.47. The number of nitrogens with zero attached hydrogens (tertiary/aromatic N) is 1. The van der Waals surface area contributed by atoms with Gasteiger partial charge < -0.3 is 5.32 Å². The van der Waals surface area contributed by atoms with Crippen molar-refractivity contribution >= 4 is 11.6 Å². The molecule has 1 N–H and O–H groups in total. The highest BCUT2D eigenvalue weighted by Gasteiger charge is 2.26. The summed E-state index contributed by atoms with van der Waals surface area (Å²) in [5.74, 6) is 0.789. The molecule has 1 saturated heterocycles.